The molecule has 4 aliphatic rings. The predicted molar refractivity (Wildman–Crippen MR) is 109 cm³/mol. The Morgan fingerprint density at radius 2 is 1.96 bits per heavy atom. The molecule has 6 rings (SSSR count). The van der Waals surface area contributed by atoms with Gasteiger partial charge in [-0.05, 0) is 62.1 Å². The summed E-state index contributed by atoms with van der Waals surface area (Å²) in [5.41, 5.74) is 1.54. The molecule has 0 radical (unpaired) electrons. The molecule has 2 aliphatic heterocycles. The molecule has 2 saturated heterocycles. The highest BCUT2D eigenvalue weighted by Gasteiger charge is 2.39. The molecule has 2 atom stereocenters. The molecule has 3 heterocycles. The molecule has 2 aromatic rings. The van der Waals surface area contributed by atoms with Gasteiger partial charge >= 0.3 is 0 Å². The Labute approximate surface area is 168 Å². The quantitative estimate of drug-likeness (QED) is 0.854. The van der Waals surface area contributed by atoms with Gasteiger partial charge in [-0.25, -0.2) is 4.98 Å². The Balaban J connectivity index is 1.28. The van der Waals surface area contributed by atoms with Crippen molar-refractivity contribution in [1.29, 1.82) is 0 Å². The van der Waals surface area contributed by atoms with Gasteiger partial charge in [0.25, 0.3) is 5.91 Å². The second kappa shape index (κ2) is 7.12. The summed E-state index contributed by atoms with van der Waals surface area (Å²) in [5.74, 6) is 1.52. The topological polar surface area (TPSA) is 71.5 Å². The van der Waals surface area contributed by atoms with Crippen LogP contribution in [0.4, 0.5) is 5.13 Å². The van der Waals surface area contributed by atoms with Crippen LogP contribution in [0.25, 0.3) is 10.2 Å². The first-order chi connectivity index (χ1) is 13.6. The molecule has 6 nitrogen and oxygen atoms in total. The van der Waals surface area contributed by atoms with E-state index in [2.05, 4.69) is 10.3 Å². The molecule has 2 aliphatic carbocycles. The summed E-state index contributed by atoms with van der Waals surface area (Å²) in [7, 11) is 1.70. The van der Waals surface area contributed by atoms with E-state index in [9.17, 15) is 9.59 Å². The number of ether oxygens (including phenoxy) is 1. The van der Waals surface area contributed by atoms with Gasteiger partial charge in [0.15, 0.2) is 5.13 Å². The van der Waals surface area contributed by atoms with Gasteiger partial charge in [0.05, 0.1) is 16.3 Å². The molecule has 1 N–H and O–H groups in total. The van der Waals surface area contributed by atoms with E-state index in [4.69, 9.17) is 4.74 Å². The van der Waals surface area contributed by atoms with Gasteiger partial charge in [-0.15, -0.1) is 0 Å². The summed E-state index contributed by atoms with van der Waals surface area (Å²) in [6.45, 7) is 1.78. The molecule has 2 bridgehead atoms. The van der Waals surface area contributed by atoms with Crippen molar-refractivity contribution < 1.29 is 14.3 Å². The average Bonchev–Trinajstić information content (AvgIpc) is 3.32. The number of hydrogen-bond donors (Lipinski definition) is 1. The Kier molecular flexibility index (Phi) is 4.59. The Morgan fingerprint density at radius 3 is 2.68 bits per heavy atom. The van der Waals surface area contributed by atoms with Crippen LogP contribution >= 0.6 is 11.3 Å². The van der Waals surface area contributed by atoms with Crippen LogP contribution in [0.3, 0.4) is 0 Å². The lowest BCUT2D eigenvalue weighted by Crippen LogP contribution is -2.50. The minimum Gasteiger partial charge on any atom is -0.381 e. The molecule has 7 heteroatoms. The Hall–Kier alpha value is -1.99. The summed E-state index contributed by atoms with van der Waals surface area (Å²) in [4.78, 5) is 31.9. The lowest BCUT2D eigenvalue weighted by Gasteiger charge is -2.47. The highest BCUT2D eigenvalue weighted by atomic mass is 32.1. The van der Waals surface area contributed by atoms with E-state index in [1.807, 2.05) is 23.1 Å². The normalized spacial score (nSPS) is 29.0. The van der Waals surface area contributed by atoms with E-state index in [1.165, 1.54) is 24.2 Å². The zero-order valence-electron chi connectivity index (χ0n) is 16.0. The van der Waals surface area contributed by atoms with Crippen LogP contribution in [-0.2, 0) is 9.53 Å². The molecule has 4 fully saturated rings. The standard InChI is InChI=1S/C21H25N3O3S/c1-27-16-4-2-14(8-16)19(25)23-21-22-17-5-3-15(9-18(17)28-21)20(26)24-10-12-6-13(7-12)11-24/h3,5,9,12-14,16H,2,4,6-8,10-11H2,1H3,(H,22,23,25). The van der Waals surface area contributed by atoms with Crippen molar-refractivity contribution in [2.45, 2.75) is 38.2 Å². The summed E-state index contributed by atoms with van der Waals surface area (Å²) in [6.07, 6.45) is 5.30. The maximum Gasteiger partial charge on any atom is 0.253 e. The zero-order chi connectivity index (χ0) is 19.3. The third kappa shape index (κ3) is 3.31. The number of piperidine rings is 2. The second-order valence-corrected chi connectivity index (χ2v) is 9.50. The number of hydrogen-bond acceptors (Lipinski definition) is 5. The highest BCUT2D eigenvalue weighted by molar-refractivity contribution is 7.22. The summed E-state index contributed by atoms with van der Waals surface area (Å²) >= 11 is 1.43. The molecular weight excluding hydrogens is 374 g/mol. The third-order valence-electron chi connectivity index (χ3n) is 6.53. The van der Waals surface area contributed by atoms with E-state index in [-0.39, 0.29) is 23.8 Å². The van der Waals surface area contributed by atoms with Gasteiger partial charge in [0.1, 0.15) is 0 Å². The molecule has 2 unspecified atom stereocenters. The van der Waals surface area contributed by atoms with Gasteiger partial charge in [-0.2, -0.15) is 0 Å². The number of fused-ring (bicyclic) bond motifs is 3. The first-order valence-corrected chi connectivity index (χ1v) is 10.9. The molecule has 0 spiro atoms. The fourth-order valence-electron chi connectivity index (χ4n) is 4.93. The number of nitrogens with zero attached hydrogens (tertiary/aromatic N) is 2. The van der Waals surface area contributed by atoms with Crippen LogP contribution in [0.5, 0.6) is 0 Å². The molecule has 1 aromatic heterocycles. The average molecular weight is 400 g/mol. The van der Waals surface area contributed by atoms with Crippen LogP contribution < -0.4 is 5.32 Å². The van der Waals surface area contributed by atoms with Crippen molar-refractivity contribution in [2.24, 2.45) is 17.8 Å². The molecule has 28 heavy (non-hydrogen) atoms. The van der Waals surface area contributed by atoms with Crippen molar-refractivity contribution in [1.82, 2.24) is 9.88 Å². The van der Waals surface area contributed by atoms with Gasteiger partial charge < -0.3 is 15.0 Å². The van der Waals surface area contributed by atoms with Crippen LogP contribution in [0.15, 0.2) is 18.2 Å². The third-order valence-corrected chi connectivity index (χ3v) is 7.47. The maximum atomic E-state index is 12.9. The van der Waals surface area contributed by atoms with Crippen molar-refractivity contribution in [2.75, 3.05) is 25.5 Å². The summed E-state index contributed by atoms with van der Waals surface area (Å²) < 4.78 is 6.29. The van der Waals surface area contributed by atoms with Crippen LogP contribution in [0.2, 0.25) is 0 Å². The van der Waals surface area contributed by atoms with E-state index >= 15 is 0 Å². The first kappa shape index (κ1) is 18.1. The smallest absolute Gasteiger partial charge is 0.253 e. The van der Waals surface area contributed by atoms with E-state index in [0.717, 1.165) is 42.6 Å². The minimum atomic E-state index is -0.0142. The fraction of sp³-hybridized carbons (Fsp3) is 0.571. The molecular formula is C21H25N3O3S. The Morgan fingerprint density at radius 1 is 1.18 bits per heavy atom. The molecule has 2 saturated carbocycles. The Bertz CT molecular complexity index is 911. The highest BCUT2D eigenvalue weighted by Crippen LogP contribution is 2.40. The van der Waals surface area contributed by atoms with Crippen molar-refractivity contribution in [3.63, 3.8) is 0 Å². The number of aromatic nitrogens is 1. The minimum absolute atomic E-state index is 0.0142. The van der Waals surface area contributed by atoms with E-state index in [0.29, 0.717) is 22.5 Å². The molecule has 148 valence electrons. The molecule has 2 amide bonds. The number of rotatable bonds is 4. The largest absolute Gasteiger partial charge is 0.381 e. The van der Waals surface area contributed by atoms with Crippen molar-refractivity contribution in [3.8, 4) is 0 Å². The second-order valence-electron chi connectivity index (χ2n) is 8.47. The fourth-order valence-corrected chi connectivity index (χ4v) is 5.84. The maximum absolute atomic E-state index is 12.9. The number of amides is 2. The monoisotopic (exact) mass is 399 g/mol. The number of methoxy groups -OCH3 is 1. The van der Waals surface area contributed by atoms with Crippen LogP contribution in [0, 0.1) is 17.8 Å². The van der Waals surface area contributed by atoms with Crippen molar-refractivity contribution in [3.05, 3.63) is 23.8 Å². The number of nitrogens with one attached hydrogen (secondary N) is 1. The van der Waals surface area contributed by atoms with Gasteiger partial charge in [-0.3, -0.25) is 9.59 Å². The number of carbonyl (C=O) groups is 2. The first-order valence-electron chi connectivity index (χ1n) is 10.1. The lowest BCUT2D eigenvalue weighted by molar-refractivity contribution is -0.119. The van der Waals surface area contributed by atoms with Gasteiger partial charge in [0, 0.05) is 31.7 Å². The summed E-state index contributed by atoms with van der Waals surface area (Å²) in [5, 5.41) is 3.56. The van der Waals surface area contributed by atoms with Crippen LogP contribution in [0.1, 0.15) is 42.5 Å². The van der Waals surface area contributed by atoms with Crippen LogP contribution in [-0.4, -0.2) is 48.0 Å². The van der Waals surface area contributed by atoms with E-state index < -0.39 is 0 Å². The number of carbonyl (C=O) groups excluding carboxylic acids is 2. The predicted octanol–water partition coefficient (Wildman–Crippen LogP) is 3.53. The molecule has 1 aromatic carbocycles. The summed E-state index contributed by atoms with van der Waals surface area (Å²) in [6, 6.07) is 5.66. The van der Waals surface area contributed by atoms with Gasteiger partial charge in [-0.1, -0.05) is 11.3 Å². The van der Waals surface area contributed by atoms with Crippen molar-refractivity contribution >= 4 is 38.5 Å². The zero-order valence-corrected chi connectivity index (χ0v) is 16.8. The number of benzene rings is 1. The van der Waals surface area contributed by atoms with E-state index in [1.54, 1.807) is 7.11 Å². The number of anilines is 1. The number of thiazole rings is 1. The van der Waals surface area contributed by atoms with Gasteiger partial charge in [0.2, 0.25) is 5.91 Å². The SMILES string of the molecule is COC1CCC(C(=O)Nc2nc3ccc(C(=O)N4CC5CC(C5)C4)cc3s2)C1. The lowest BCUT2D eigenvalue weighted by atomic mass is 9.71.